The molecule has 0 bridgehead atoms. The van der Waals surface area contributed by atoms with Gasteiger partial charge in [-0.1, -0.05) is 23.8 Å². The van der Waals surface area contributed by atoms with E-state index >= 15 is 0 Å². The highest BCUT2D eigenvalue weighted by atomic mass is 16.5. The molecule has 31 heavy (non-hydrogen) atoms. The number of hydrogen-bond acceptors (Lipinski definition) is 6. The van der Waals surface area contributed by atoms with Crippen LogP contribution in [0.5, 0.6) is 0 Å². The number of carbonyl (C=O) groups is 1. The van der Waals surface area contributed by atoms with Crippen molar-refractivity contribution in [3.8, 4) is 5.69 Å². The number of hydrogen-bond donors (Lipinski definition) is 1. The van der Waals surface area contributed by atoms with Gasteiger partial charge in [0, 0.05) is 25.5 Å². The number of aryl methyl sites for hydroxylation is 1. The molecule has 1 unspecified atom stereocenters. The van der Waals surface area contributed by atoms with Gasteiger partial charge in [-0.15, -0.1) is 0 Å². The van der Waals surface area contributed by atoms with E-state index in [1.54, 1.807) is 36.7 Å². The lowest BCUT2D eigenvalue weighted by molar-refractivity contribution is 0.0849. The van der Waals surface area contributed by atoms with E-state index in [9.17, 15) is 14.4 Å². The minimum atomic E-state index is -0.748. The van der Waals surface area contributed by atoms with Crippen LogP contribution in [0.3, 0.4) is 0 Å². The molecule has 3 aromatic rings. The molecule has 0 saturated carbocycles. The van der Waals surface area contributed by atoms with Crippen LogP contribution < -0.4 is 16.6 Å². The molecule has 4 rings (SSSR count). The number of pyridine rings is 1. The van der Waals surface area contributed by atoms with Gasteiger partial charge < -0.3 is 10.1 Å². The summed E-state index contributed by atoms with van der Waals surface area (Å²) in [5.41, 5.74) is 0.408. The fourth-order valence-corrected chi connectivity index (χ4v) is 3.42. The fourth-order valence-electron chi connectivity index (χ4n) is 3.42. The van der Waals surface area contributed by atoms with E-state index in [0.717, 1.165) is 27.7 Å². The smallest absolute Gasteiger partial charge is 0.352 e. The Bertz CT molecular complexity index is 1180. The Morgan fingerprint density at radius 3 is 2.71 bits per heavy atom. The monoisotopic (exact) mass is 421 g/mol. The molecule has 1 atom stereocenters. The van der Waals surface area contributed by atoms with Crippen LogP contribution in [0.1, 0.15) is 34.5 Å². The average Bonchev–Trinajstić information content (AvgIpc) is 3.30. The molecule has 1 N–H and O–H groups in total. The van der Waals surface area contributed by atoms with E-state index in [1.165, 1.54) is 0 Å². The first kappa shape index (κ1) is 20.7. The summed E-state index contributed by atoms with van der Waals surface area (Å²) in [5.74, 6) is -0.638. The van der Waals surface area contributed by atoms with Crippen LogP contribution in [0.15, 0.2) is 58.4 Å². The minimum absolute atomic E-state index is 0.0219. The third kappa shape index (κ3) is 4.61. The largest absolute Gasteiger partial charge is 0.376 e. The molecule has 9 heteroatoms. The van der Waals surface area contributed by atoms with Gasteiger partial charge in [0.2, 0.25) is 5.69 Å². The van der Waals surface area contributed by atoms with E-state index in [1.807, 2.05) is 19.1 Å². The van der Waals surface area contributed by atoms with Crippen LogP contribution in [-0.2, 0) is 11.3 Å². The molecule has 0 radical (unpaired) electrons. The van der Waals surface area contributed by atoms with Gasteiger partial charge in [-0.25, -0.2) is 4.79 Å². The highest BCUT2D eigenvalue weighted by Gasteiger charge is 2.22. The van der Waals surface area contributed by atoms with Gasteiger partial charge in [-0.05, 0) is 43.5 Å². The summed E-state index contributed by atoms with van der Waals surface area (Å²) in [7, 11) is 0. The lowest BCUT2D eigenvalue weighted by Crippen LogP contribution is -2.46. The number of nitrogens with one attached hydrogen (secondary N) is 1. The van der Waals surface area contributed by atoms with Gasteiger partial charge in [0.05, 0.1) is 18.3 Å². The van der Waals surface area contributed by atoms with Gasteiger partial charge in [-0.2, -0.15) is 9.78 Å². The molecule has 1 aliphatic heterocycles. The molecule has 3 heterocycles. The molecule has 0 spiro atoms. The minimum Gasteiger partial charge on any atom is -0.376 e. The number of ether oxygens (including phenoxy) is 1. The number of carbonyl (C=O) groups excluding carboxylic acids is 1. The summed E-state index contributed by atoms with van der Waals surface area (Å²) in [6, 6.07) is 10.6. The zero-order valence-electron chi connectivity index (χ0n) is 17.2. The van der Waals surface area contributed by atoms with Gasteiger partial charge >= 0.3 is 5.69 Å². The average molecular weight is 421 g/mol. The Hall–Kier alpha value is -3.59. The molecule has 1 saturated heterocycles. The second kappa shape index (κ2) is 9.05. The first-order valence-corrected chi connectivity index (χ1v) is 10.1. The lowest BCUT2D eigenvalue weighted by Gasteiger charge is -2.13. The quantitative estimate of drug-likeness (QED) is 0.638. The number of aromatic nitrogens is 4. The van der Waals surface area contributed by atoms with E-state index in [2.05, 4.69) is 15.4 Å². The maximum Gasteiger partial charge on any atom is 0.352 e. The second-order valence-corrected chi connectivity index (χ2v) is 7.48. The summed E-state index contributed by atoms with van der Waals surface area (Å²) in [6.07, 6.45) is 4.88. The Kier molecular flexibility index (Phi) is 6.03. The Balaban J connectivity index is 1.75. The van der Waals surface area contributed by atoms with Crippen LogP contribution in [0.25, 0.3) is 5.69 Å². The lowest BCUT2D eigenvalue weighted by atomic mass is 10.2. The van der Waals surface area contributed by atoms with Gasteiger partial charge in [-0.3, -0.25) is 19.1 Å². The molecular formula is C22H23N5O4. The van der Waals surface area contributed by atoms with Crippen LogP contribution in [-0.4, -0.2) is 44.5 Å². The topological polar surface area (TPSA) is 108 Å². The van der Waals surface area contributed by atoms with Crippen LogP contribution in [0.4, 0.5) is 0 Å². The van der Waals surface area contributed by atoms with Gasteiger partial charge in [0.1, 0.15) is 0 Å². The normalized spacial score (nSPS) is 15.7. The molecule has 160 valence electrons. The highest BCUT2D eigenvalue weighted by Crippen LogP contribution is 2.11. The maximum atomic E-state index is 13.1. The van der Waals surface area contributed by atoms with Crippen molar-refractivity contribution in [1.29, 1.82) is 0 Å². The molecule has 0 aliphatic carbocycles. The second-order valence-electron chi connectivity index (χ2n) is 7.48. The van der Waals surface area contributed by atoms with Crippen molar-refractivity contribution in [1.82, 2.24) is 24.6 Å². The van der Waals surface area contributed by atoms with Crippen molar-refractivity contribution in [2.75, 3.05) is 13.2 Å². The van der Waals surface area contributed by atoms with Crippen LogP contribution in [0, 0.1) is 6.92 Å². The molecule has 1 aromatic carbocycles. The van der Waals surface area contributed by atoms with Crippen LogP contribution >= 0.6 is 0 Å². The van der Waals surface area contributed by atoms with Gasteiger partial charge in [0.15, 0.2) is 0 Å². The highest BCUT2D eigenvalue weighted by molar-refractivity contribution is 5.91. The van der Waals surface area contributed by atoms with E-state index in [0.29, 0.717) is 17.9 Å². The van der Waals surface area contributed by atoms with Crippen LogP contribution in [0.2, 0.25) is 0 Å². The predicted molar refractivity (Wildman–Crippen MR) is 113 cm³/mol. The molecule has 9 nitrogen and oxygen atoms in total. The Morgan fingerprint density at radius 2 is 2.03 bits per heavy atom. The maximum absolute atomic E-state index is 13.1. The third-order valence-electron chi connectivity index (χ3n) is 5.13. The third-order valence-corrected chi connectivity index (χ3v) is 5.13. The SMILES string of the molecule is Cc1ccc(-n2nc(C(=O)NCC3CCCO3)c(=O)n(Cc3cccnc3)c2=O)cc1. The molecule has 2 aromatic heterocycles. The van der Waals surface area contributed by atoms with E-state index < -0.39 is 17.2 Å². The van der Waals surface area contributed by atoms with Crippen molar-refractivity contribution < 1.29 is 9.53 Å². The molecule has 1 amide bonds. The van der Waals surface area contributed by atoms with Crippen molar-refractivity contribution >= 4 is 5.91 Å². The van der Waals surface area contributed by atoms with Crippen molar-refractivity contribution in [3.63, 3.8) is 0 Å². The zero-order valence-corrected chi connectivity index (χ0v) is 17.2. The molecule has 1 fully saturated rings. The summed E-state index contributed by atoms with van der Waals surface area (Å²) >= 11 is 0. The number of rotatable bonds is 6. The predicted octanol–water partition coefficient (Wildman–Crippen LogP) is 1.05. The number of nitrogens with zero attached hydrogens (tertiary/aromatic N) is 4. The first-order chi connectivity index (χ1) is 15.0. The summed E-state index contributed by atoms with van der Waals surface area (Å²) in [4.78, 5) is 43.0. The van der Waals surface area contributed by atoms with Crippen molar-refractivity contribution in [3.05, 3.63) is 86.5 Å². The zero-order chi connectivity index (χ0) is 21.8. The first-order valence-electron chi connectivity index (χ1n) is 10.1. The molecular weight excluding hydrogens is 398 g/mol. The van der Waals surface area contributed by atoms with Crippen molar-refractivity contribution in [2.24, 2.45) is 0 Å². The summed E-state index contributed by atoms with van der Waals surface area (Å²) in [6.45, 7) is 2.85. The standard InChI is InChI=1S/C22H23N5O4/c1-15-6-8-17(9-7-15)27-22(30)26(14-16-4-2-10-23-12-16)21(29)19(25-27)20(28)24-13-18-5-3-11-31-18/h2,4,6-10,12,18H,3,5,11,13-14H2,1H3,(H,24,28). The van der Waals surface area contributed by atoms with Crippen molar-refractivity contribution in [2.45, 2.75) is 32.4 Å². The Labute approximate surface area is 178 Å². The van der Waals surface area contributed by atoms with E-state index in [4.69, 9.17) is 4.74 Å². The molecule has 1 aliphatic rings. The van der Waals surface area contributed by atoms with Gasteiger partial charge in [0.25, 0.3) is 11.5 Å². The van der Waals surface area contributed by atoms with E-state index in [-0.39, 0.29) is 24.9 Å². The fraction of sp³-hybridized carbons (Fsp3) is 0.318. The summed E-state index contributed by atoms with van der Waals surface area (Å²) in [5, 5.41) is 6.83. The number of benzene rings is 1. The summed E-state index contributed by atoms with van der Waals surface area (Å²) < 4.78 is 7.60. The Morgan fingerprint density at radius 1 is 1.23 bits per heavy atom. The number of amides is 1.